The number of nitrogens with one attached hydrogen (secondary N) is 1. The number of nitrogens with two attached hydrogens (primary N) is 1. The predicted octanol–water partition coefficient (Wildman–Crippen LogP) is 1.15. The monoisotopic (exact) mass is 200 g/mol. The summed E-state index contributed by atoms with van der Waals surface area (Å²) < 4.78 is 5.22. The van der Waals surface area contributed by atoms with Crippen molar-refractivity contribution in [2.24, 2.45) is 11.7 Å². The van der Waals surface area contributed by atoms with Crippen LogP contribution in [0.15, 0.2) is 12.7 Å². The molecular formula is C11H24N2O. The molecule has 84 valence electrons. The third-order valence-electron chi connectivity index (χ3n) is 2.70. The van der Waals surface area contributed by atoms with Crippen molar-refractivity contribution >= 4 is 0 Å². The summed E-state index contributed by atoms with van der Waals surface area (Å²) in [6.07, 6.45) is 2.86. The van der Waals surface area contributed by atoms with Crippen molar-refractivity contribution in [3.8, 4) is 0 Å². The molecule has 0 heterocycles. The van der Waals surface area contributed by atoms with Gasteiger partial charge in [-0.3, -0.25) is 0 Å². The highest BCUT2D eigenvalue weighted by molar-refractivity contribution is 4.92. The molecule has 0 fully saturated rings. The van der Waals surface area contributed by atoms with E-state index >= 15 is 0 Å². The van der Waals surface area contributed by atoms with Crippen molar-refractivity contribution in [3.63, 3.8) is 0 Å². The zero-order chi connectivity index (χ0) is 11.0. The number of hydrogen-bond donors (Lipinski definition) is 2. The lowest BCUT2D eigenvalue weighted by Crippen LogP contribution is -2.58. The quantitative estimate of drug-likeness (QED) is 0.456. The Bertz CT molecular complexity index is 159. The lowest BCUT2D eigenvalue weighted by Gasteiger charge is -2.37. The van der Waals surface area contributed by atoms with Crippen LogP contribution in [-0.2, 0) is 4.74 Å². The number of rotatable bonds is 8. The Kier molecular flexibility index (Phi) is 6.79. The molecular weight excluding hydrogens is 176 g/mol. The van der Waals surface area contributed by atoms with Gasteiger partial charge in [0.15, 0.2) is 0 Å². The Balaban J connectivity index is 4.25. The van der Waals surface area contributed by atoms with E-state index in [1.54, 1.807) is 7.11 Å². The van der Waals surface area contributed by atoms with Gasteiger partial charge in [0.1, 0.15) is 0 Å². The lowest BCUT2D eigenvalue weighted by molar-refractivity contribution is 0.0837. The van der Waals surface area contributed by atoms with E-state index in [0.717, 1.165) is 13.0 Å². The van der Waals surface area contributed by atoms with Gasteiger partial charge >= 0.3 is 0 Å². The van der Waals surface area contributed by atoms with E-state index in [2.05, 4.69) is 25.7 Å². The highest BCUT2D eigenvalue weighted by atomic mass is 16.5. The topological polar surface area (TPSA) is 47.3 Å². The summed E-state index contributed by atoms with van der Waals surface area (Å²) >= 11 is 0. The van der Waals surface area contributed by atoms with E-state index in [-0.39, 0.29) is 5.54 Å². The molecule has 0 spiro atoms. The molecule has 14 heavy (non-hydrogen) atoms. The van der Waals surface area contributed by atoms with Crippen LogP contribution in [0.25, 0.3) is 0 Å². The first-order valence-corrected chi connectivity index (χ1v) is 5.18. The lowest BCUT2D eigenvalue weighted by atomic mass is 9.87. The molecule has 3 N–H and O–H groups in total. The molecule has 0 amide bonds. The minimum Gasteiger partial charge on any atom is -0.383 e. The second kappa shape index (κ2) is 6.98. The third kappa shape index (κ3) is 3.78. The van der Waals surface area contributed by atoms with Crippen LogP contribution in [0.4, 0.5) is 0 Å². The average molecular weight is 200 g/mol. The molecule has 0 aromatic rings. The second-order valence-electron chi connectivity index (χ2n) is 3.95. The number of methoxy groups -OCH3 is 1. The maximum Gasteiger partial charge on any atom is 0.0659 e. The van der Waals surface area contributed by atoms with Gasteiger partial charge in [-0.25, -0.2) is 0 Å². The Hall–Kier alpha value is -0.380. The van der Waals surface area contributed by atoms with Crippen LogP contribution >= 0.6 is 0 Å². The molecule has 0 aromatic heterocycles. The van der Waals surface area contributed by atoms with Gasteiger partial charge in [0, 0.05) is 13.7 Å². The van der Waals surface area contributed by atoms with E-state index in [4.69, 9.17) is 10.5 Å². The molecule has 0 saturated heterocycles. The molecule has 0 aliphatic carbocycles. The van der Waals surface area contributed by atoms with Gasteiger partial charge in [0.25, 0.3) is 0 Å². The molecule has 0 rings (SSSR count). The smallest absolute Gasteiger partial charge is 0.0659 e. The van der Waals surface area contributed by atoms with Crippen molar-refractivity contribution in [3.05, 3.63) is 12.7 Å². The van der Waals surface area contributed by atoms with Crippen LogP contribution in [0.3, 0.4) is 0 Å². The van der Waals surface area contributed by atoms with Crippen LogP contribution in [0.5, 0.6) is 0 Å². The number of ether oxygens (including phenoxy) is 1. The van der Waals surface area contributed by atoms with E-state index in [1.165, 1.54) is 0 Å². The van der Waals surface area contributed by atoms with Crippen molar-refractivity contribution in [1.29, 1.82) is 0 Å². The average Bonchev–Trinajstić information content (AvgIpc) is 2.16. The van der Waals surface area contributed by atoms with Gasteiger partial charge in [0.05, 0.1) is 12.1 Å². The first-order chi connectivity index (χ1) is 6.63. The molecule has 0 radical (unpaired) electrons. The van der Waals surface area contributed by atoms with Crippen molar-refractivity contribution in [1.82, 2.24) is 5.32 Å². The molecule has 3 heteroatoms. The molecule has 0 bridgehead atoms. The van der Waals surface area contributed by atoms with E-state index in [1.807, 2.05) is 6.08 Å². The first-order valence-electron chi connectivity index (χ1n) is 5.18. The van der Waals surface area contributed by atoms with Crippen LogP contribution in [-0.4, -0.2) is 32.3 Å². The summed E-state index contributed by atoms with van der Waals surface area (Å²) in [5.41, 5.74) is 5.71. The van der Waals surface area contributed by atoms with Gasteiger partial charge in [0.2, 0.25) is 0 Å². The van der Waals surface area contributed by atoms with Gasteiger partial charge in [-0.2, -0.15) is 0 Å². The fraction of sp³-hybridized carbons (Fsp3) is 0.818. The van der Waals surface area contributed by atoms with Crippen LogP contribution in [0.2, 0.25) is 0 Å². The standard InChI is InChI=1S/C11H24N2O/c1-5-6-7-13-11(8-12,9-14-4)10(2)3/h5,10,13H,1,6-9,12H2,2-4H3. The number of hydrogen-bond acceptors (Lipinski definition) is 3. The Labute approximate surface area is 87.7 Å². The Morgan fingerprint density at radius 1 is 1.57 bits per heavy atom. The minimum atomic E-state index is -0.0994. The van der Waals surface area contributed by atoms with Gasteiger partial charge in [-0.15, -0.1) is 6.58 Å². The molecule has 0 aliphatic heterocycles. The summed E-state index contributed by atoms with van der Waals surface area (Å²) in [4.78, 5) is 0. The SMILES string of the molecule is C=CCCNC(CN)(COC)C(C)C. The van der Waals surface area contributed by atoms with Gasteiger partial charge in [-0.1, -0.05) is 19.9 Å². The Morgan fingerprint density at radius 2 is 2.21 bits per heavy atom. The zero-order valence-corrected chi connectivity index (χ0v) is 9.68. The minimum absolute atomic E-state index is 0.0994. The molecule has 0 aliphatic rings. The fourth-order valence-corrected chi connectivity index (χ4v) is 1.47. The summed E-state index contributed by atoms with van der Waals surface area (Å²) in [5, 5.41) is 3.46. The van der Waals surface area contributed by atoms with Crippen LogP contribution in [0, 0.1) is 5.92 Å². The largest absolute Gasteiger partial charge is 0.383 e. The van der Waals surface area contributed by atoms with Crippen molar-refractivity contribution < 1.29 is 4.74 Å². The summed E-state index contributed by atoms with van der Waals surface area (Å²) in [5.74, 6) is 0.456. The highest BCUT2D eigenvalue weighted by Gasteiger charge is 2.31. The van der Waals surface area contributed by atoms with E-state index < -0.39 is 0 Å². The predicted molar refractivity (Wildman–Crippen MR) is 61.3 cm³/mol. The van der Waals surface area contributed by atoms with Gasteiger partial charge in [-0.05, 0) is 18.9 Å². The summed E-state index contributed by atoms with van der Waals surface area (Å²) in [7, 11) is 1.71. The Morgan fingerprint density at radius 3 is 2.57 bits per heavy atom. The van der Waals surface area contributed by atoms with E-state index in [0.29, 0.717) is 19.1 Å². The fourth-order valence-electron chi connectivity index (χ4n) is 1.47. The molecule has 1 unspecified atom stereocenters. The molecule has 1 atom stereocenters. The van der Waals surface area contributed by atoms with Crippen molar-refractivity contribution in [2.45, 2.75) is 25.8 Å². The van der Waals surface area contributed by atoms with Gasteiger partial charge < -0.3 is 15.8 Å². The maximum atomic E-state index is 5.81. The summed E-state index contributed by atoms with van der Waals surface area (Å²) in [6, 6.07) is 0. The van der Waals surface area contributed by atoms with Crippen molar-refractivity contribution in [2.75, 3.05) is 26.8 Å². The van der Waals surface area contributed by atoms with Crippen LogP contribution in [0.1, 0.15) is 20.3 Å². The highest BCUT2D eigenvalue weighted by Crippen LogP contribution is 2.16. The maximum absolute atomic E-state index is 5.81. The third-order valence-corrected chi connectivity index (χ3v) is 2.70. The van der Waals surface area contributed by atoms with E-state index in [9.17, 15) is 0 Å². The second-order valence-corrected chi connectivity index (χ2v) is 3.95. The zero-order valence-electron chi connectivity index (χ0n) is 9.68. The van der Waals surface area contributed by atoms with Crippen LogP contribution < -0.4 is 11.1 Å². The summed E-state index contributed by atoms with van der Waals surface area (Å²) in [6.45, 7) is 10.2. The first kappa shape index (κ1) is 13.6. The molecule has 0 aromatic carbocycles. The molecule has 3 nitrogen and oxygen atoms in total. The molecule has 0 saturated carbocycles. The normalized spacial score (nSPS) is 15.5.